The quantitative estimate of drug-likeness (QED) is 0.446. The van der Waals surface area contributed by atoms with Gasteiger partial charge < -0.3 is 29.2 Å². The van der Waals surface area contributed by atoms with E-state index in [0.29, 0.717) is 48.7 Å². The predicted octanol–water partition coefficient (Wildman–Crippen LogP) is -0.556. The number of nitriles is 1. The van der Waals surface area contributed by atoms with Crippen LogP contribution in [0.1, 0.15) is 25.1 Å². The fraction of sp³-hybridized carbons (Fsp3) is 0.474. The lowest BCUT2D eigenvalue weighted by atomic mass is 9.73. The second-order valence-corrected chi connectivity index (χ2v) is 8.30. The highest BCUT2D eigenvalue weighted by Gasteiger charge is 2.25. The topological polar surface area (TPSA) is 132 Å². The van der Waals surface area contributed by atoms with E-state index in [2.05, 4.69) is 26.5 Å². The van der Waals surface area contributed by atoms with Crippen molar-refractivity contribution in [2.75, 3.05) is 32.2 Å². The maximum atomic E-state index is 10.4. The van der Waals surface area contributed by atoms with E-state index >= 15 is 0 Å². The van der Waals surface area contributed by atoms with Gasteiger partial charge in [-0.2, -0.15) is 10.2 Å². The molecule has 3 aromatic heterocycles. The van der Waals surface area contributed by atoms with Gasteiger partial charge in [0.25, 0.3) is 5.88 Å². The van der Waals surface area contributed by atoms with Crippen LogP contribution in [-0.4, -0.2) is 78.1 Å². The fourth-order valence-corrected chi connectivity index (χ4v) is 3.61. The Hall–Kier alpha value is -3.07. The number of fused-ring (bicyclic) bond motifs is 1. The molecule has 2 N–H and O–H groups in total. The number of methoxy groups -OCH3 is 1. The van der Waals surface area contributed by atoms with Crippen LogP contribution in [-0.2, 0) is 15.0 Å². The van der Waals surface area contributed by atoms with Crippen LogP contribution in [0.15, 0.2) is 18.5 Å². The summed E-state index contributed by atoms with van der Waals surface area (Å²) in [5.41, 5.74) is 0.393. The van der Waals surface area contributed by atoms with Crippen molar-refractivity contribution in [2.24, 2.45) is 0 Å². The first-order valence-electron chi connectivity index (χ1n) is 10.4. The van der Waals surface area contributed by atoms with E-state index in [0.717, 1.165) is 11.8 Å². The van der Waals surface area contributed by atoms with Crippen molar-refractivity contribution in [1.29, 1.82) is 5.26 Å². The van der Waals surface area contributed by atoms with E-state index in [-0.39, 0.29) is 12.1 Å². The Kier molecular flexibility index (Phi) is 6.10. The SMILES string of the molecule is BC(B)(O)n1cc(Nc2ncc3cc(C#N)n([C@@H](C)COC)c3n2)c(OC2CCOC2)n1. The highest BCUT2D eigenvalue weighted by Crippen LogP contribution is 2.30. The maximum Gasteiger partial charge on any atom is 0.257 e. The summed E-state index contributed by atoms with van der Waals surface area (Å²) in [6.07, 6.45) is 3.95. The molecule has 0 aliphatic carbocycles. The summed E-state index contributed by atoms with van der Waals surface area (Å²) in [7, 11) is 4.87. The van der Waals surface area contributed by atoms with Crippen LogP contribution in [0.5, 0.6) is 5.88 Å². The minimum Gasteiger partial charge on any atom is -0.469 e. The van der Waals surface area contributed by atoms with Gasteiger partial charge in [-0.25, -0.2) is 4.98 Å². The lowest BCUT2D eigenvalue weighted by molar-refractivity contribution is 0.116. The van der Waals surface area contributed by atoms with Crippen LogP contribution in [0.2, 0.25) is 0 Å². The van der Waals surface area contributed by atoms with Crippen molar-refractivity contribution in [2.45, 2.75) is 31.0 Å². The number of rotatable bonds is 8. The molecular formula is C19H25B2N7O4. The van der Waals surface area contributed by atoms with Gasteiger partial charge in [0.15, 0.2) is 15.7 Å². The summed E-state index contributed by atoms with van der Waals surface area (Å²) in [4.78, 5) is 9.03. The molecule has 4 rings (SSSR count). The molecule has 0 radical (unpaired) electrons. The molecule has 0 amide bonds. The van der Waals surface area contributed by atoms with Crippen LogP contribution in [0.3, 0.4) is 0 Å². The molecule has 2 atom stereocenters. The zero-order valence-electron chi connectivity index (χ0n) is 18.6. The molecule has 11 nitrogen and oxygen atoms in total. The van der Waals surface area contributed by atoms with Gasteiger partial charge in [-0.3, -0.25) is 4.68 Å². The van der Waals surface area contributed by atoms with Crippen LogP contribution in [0.4, 0.5) is 11.6 Å². The maximum absolute atomic E-state index is 10.4. The molecule has 1 unspecified atom stereocenters. The molecule has 0 saturated carbocycles. The number of nitrogens with zero attached hydrogens (tertiary/aromatic N) is 6. The number of ether oxygens (including phenoxy) is 3. The number of aromatic nitrogens is 5. The summed E-state index contributed by atoms with van der Waals surface area (Å²) >= 11 is 0. The molecule has 3 aromatic rings. The third-order valence-electron chi connectivity index (χ3n) is 5.19. The monoisotopic (exact) mass is 437 g/mol. The molecule has 32 heavy (non-hydrogen) atoms. The fourth-order valence-electron chi connectivity index (χ4n) is 3.61. The minimum atomic E-state index is -1.22. The molecule has 4 heterocycles. The van der Waals surface area contributed by atoms with Gasteiger partial charge in [-0.05, 0) is 13.0 Å². The zero-order chi connectivity index (χ0) is 22.9. The molecule has 13 heteroatoms. The van der Waals surface area contributed by atoms with E-state index in [4.69, 9.17) is 14.2 Å². The average molecular weight is 437 g/mol. The Morgan fingerprint density at radius 3 is 2.97 bits per heavy atom. The smallest absolute Gasteiger partial charge is 0.257 e. The normalized spacial score (nSPS) is 17.4. The van der Waals surface area contributed by atoms with E-state index in [9.17, 15) is 10.4 Å². The van der Waals surface area contributed by atoms with Crippen LogP contribution >= 0.6 is 0 Å². The summed E-state index contributed by atoms with van der Waals surface area (Å²) in [5, 5.41) is 28.2. The summed E-state index contributed by atoms with van der Waals surface area (Å²) < 4.78 is 19.9. The van der Waals surface area contributed by atoms with Gasteiger partial charge >= 0.3 is 0 Å². The van der Waals surface area contributed by atoms with Gasteiger partial charge in [-0.1, -0.05) is 0 Å². The highest BCUT2D eigenvalue weighted by molar-refractivity contribution is 6.36. The predicted molar refractivity (Wildman–Crippen MR) is 121 cm³/mol. The summed E-state index contributed by atoms with van der Waals surface area (Å²) in [6.45, 7) is 3.52. The average Bonchev–Trinajstić information content (AvgIpc) is 3.47. The van der Waals surface area contributed by atoms with Gasteiger partial charge in [-0.15, -0.1) is 5.10 Å². The molecule has 1 fully saturated rings. The second-order valence-electron chi connectivity index (χ2n) is 8.30. The van der Waals surface area contributed by atoms with Crippen molar-refractivity contribution < 1.29 is 19.3 Å². The molecule has 1 aliphatic heterocycles. The standard InChI is InChI=1S/C19H25B2N7O4/c1-11(9-30-2)28-13(6-22)5-12-7-23-18(25-16(12)28)24-15-8-27(19(20,21)29)26-17(15)32-14-3-4-31-10-14/h5,7-8,11,14,29H,3-4,9-10,20-21H2,1-2H3,(H,23,24,25)/t11-,14?/m0/s1. The summed E-state index contributed by atoms with van der Waals surface area (Å²) in [6, 6.07) is 3.88. The zero-order valence-corrected chi connectivity index (χ0v) is 18.6. The second kappa shape index (κ2) is 8.82. The number of anilines is 2. The van der Waals surface area contributed by atoms with Gasteiger partial charge in [0.1, 0.15) is 29.2 Å². The van der Waals surface area contributed by atoms with Crippen molar-refractivity contribution in [3.8, 4) is 11.9 Å². The first-order valence-corrected chi connectivity index (χ1v) is 10.4. The van der Waals surface area contributed by atoms with Gasteiger partial charge in [0.05, 0.1) is 37.6 Å². The van der Waals surface area contributed by atoms with Crippen LogP contribution in [0, 0.1) is 11.3 Å². The number of aliphatic hydroxyl groups is 1. The lowest BCUT2D eigenvalue weighted by Crippen LogP contribution is -2.34. The Morgan fingerprint density at radius 2 is 2.31 bits per heavy atom. The molecule has 0 aromatic carbocycles. The highest BCUT2D eigenvalue weighted by atomic mass is 16.6. The third kappa shape index (κ3) is 4.43. The van der Waals surface area contributed by atoms with Crippen LogP contribution < -0.4 is 10.1 Å². The minimum absolute atomic E-state index is 0.0888. The number of hydrogen-bond donors (Lipinski definition) is 2. The molecule has 0 spiro atoms. The van der Waals surface area contributed by atoms with Crippen LogP contribution in [0.25, 0.3) is 11.0 Å². The van der Waals surface area contributed by atoms with E-state index < -0.39 is 5.52 Å². The van der Waals surface area contributed by atoms with Crippen molar-refractivity contribution in [3.63, 3.8) is 0 Å². The first-order chi connectivity index (χ1) is 15.3. The van der Waals surface area contributed by atoms with Gasteiger partial charge in [0.2, 0.25) is 5.95 Å². The Bertz CT molecular complexity index is 1150. The Morgan fingerprint density at radius 1 is 1.50 bits per heavy atom. The number of nitrogens with one attached hydrogen (secondary N) is 1. The molecule has 166 valence electrons. The van der Waals surface area contributed by atoms with E-state index in [1.807, 2.05) is 11.5 Å². The largest absolute Gasteiger partial charge is 0.469 e. The number of hydrogen-bond acceptors (Lipinski definition) is 9. The van der Waals surface area contributed by atoms with Crippen molar-refractivity contribution in [1.82, 2.24) is 24.3 Å². The van der Waals surface area contributed by atoms with Gasteiger partial charge in [0, 0.05) is 25.1 Å². The summed E-state index contributed by atoms with van der Waals surface area (Å²) in [5.74, 6) is 0.640. The van der Waals surface area contributed by atoms with E-state index in [1.54, 1.807) is 41.3 Å². The van der Waals surface area contributed by atoms with Crippen molar-refractivity contribution >= 4 is 38.4 Å². The van der Waals surface area contributed by atoms with Crippen molar-refractivity contribution in [3.05, 3.63) is 24.2 Å². The molecule has 1 aliphatic rings. The molecule has 0 bridgehead atoms. The molecular weight excluding hydrogens is 412 g/mol. The third-order valence-corrected chi connectivity index (χ3v) is 5.19. The lowest BCUT2D eigenvalue weighted by Gasteiger charge is -2.17. The molecule has 1 saturated heterocycles. The first kappa shape index (κ1) is 22.1. The Labute approximate surface area is 187 Å². The Balaban J connectivity index is 1.70. The van der Waals surface area contributed by atoms with E-state index in [1.165, 1.54) is 4.68 Å².